The predicted molar refractivity (Wildman–Crippen MR) is 156 cm³/mol. The van der Waals surface area contributed by atoms with Crippen LogP contribution in [0.3, 0.4) is 0 Å². The molecule has 10 heteroatoms. The van der Waals surface area contributed by atoms with Crippen LogP contribution in [0.25, 0.3) is 0 Å². The Morgan fingerprint density at radius 3 is 2.71 bits per heavy atom. The van der Waals surface area contributed by atoms with E-state index in [9.17, 15) is 4.79 Å². The van der Waals surface area contributed by atoms with E-state index in [0.29, 0.717) is 52.8 Å². The van der Waals surface area contributed by atoms with Gasteiger partial charge in [-0.3, -0.25) is 4.79 Å². The highest BCUT2D eigenvalue weighted by Gasteiger charge is 2.36. The second-order valence-corrected chi connectivity index (χ2v) is 10.8. The fraction of sp³-hybridized carbons (Fsp3) is 0.393. The molecule has 3 aromatic rings. The van der Waals surface area contributed by atoms with Crippen molar-refractivity contribution < 1.29 is 14.3 Å². The van der Waals surface area contributed by atoms with E-state index in [-0.39, 0.29) is 5.91 Å². The number of para-hydroxylation sites is 2. The molecule has 0 spiro atoms. The van der Waals surface area contributed by atoms with E-state index in [1.54, 1.807) is 16.4 Å². The molecule has 0 aliphatic carbocycles. The Morgan fingerprint density at radius 2 is 1.95 bits per heavy atom. The van der Waals surface area contributed by atoms with Gasteiger partial charge in [0.15, 0.2) is 0 Å². The number of fused-ring (bicyclic) bond motifs is 1. The van der Waals surface area contributed by atoms with Gasteiger partial charge < -0.3 is 20.1 Å². The van der Waals surface area contributed by atoms with Gasteiger partial charge in [-0.2, -0.15) is 4.98 Å². The van der Waals surface area contributed by atoms with Gasteiger partial charge in [0, 0.05) is 21.5 Å². The van der Waals surface area contributed by atoms with Crippen LogP contribution in [0.2, 0.25) is 0 Å². The normalized spacial score (nSPS) is 14.6. The number of unbranched alkanes of at least 4 members (excludes halogenated alkanes) is 1. The molecule has 1 aromatic heterocycles. The minimum atomic E-state index is -0.553. The Hall–Kier alpha value is -2.98. The van der Waals surface area contributed by atoms with Gasteiger partial charge >= 0.3 is 0 Å². The van der Waals surface area contributed by atoms with Crippen LogP contribution in [-0.4, -0.2) is 39.6 Å². The van der Waals surface area contributed by atoms with Gasteiger partial charge in [0.2, 0.25) is 11.1 Å². The maximum Gasteiger partial charge on any atom is 0.255 e. The molecule has 0 radical (unpaired) electrons. The Kier molecular flexibility index (Phi) is 9.74. The molecule has 1 unspecified atom stereocenters. The van der Waals surface area contributed by atoms with Crippen molar-refractivity contribution in [1.82, 2.24) is 14.8 Å². The second kappa shape index (κ2) is 13.2. The fourth-order valence-electron chi connectivity index (χ4n) is 4.20. The molecule has 2 heterocycles. The van der Waals surface area contributed by atoms with Crippen molar-refractivity contribution in [3.63, 3.8) is 0 Å². The molecule has 2 aromatic carbocycles. The molecule has 4 rings (SSSR count). The van der Waals surface area contributed by atoms with Gasteiger partial charge in [-0.15, -0.1) is 5.10 Å². The van der Waals surface area contributed by atoms with Crippen molar-refractivity contribution in [2.75, 3.05) is 29.6 Å². The van der Waals surface area contributed by atoms with Gasteiger partial charge in [0.25, 0.3) is 5.91 Å². The summed E-state index contributed by atoms with van der Waals surface area (Å²) in [5.74, 6) is 2.60. The van der Waals surface area contributed by atoms with E-state index in [1.807, 2.05) is 56.3 Å². The lowest BCUT2D eigenvalue weighted by Crippen LogP contribution is -2.32. The van der Waals surface area contributed by atoms with E-state index in [2.05, 4.69) is 40.4 Å². The topological polar surface area (TPSA) is 90.3 Å². The zero-order chi connectivity index (χ0) is 27.1. The van der Waals surface area contributed by atoms with Crippen LogP contribution in [0.15, 0.2) is 63.4 Å². The van der Waals surface area contributed by atoms with E-state index < -0.39 is 6.04 Å². The molecule has 0 fully saturated rings. The smallest absolute Gasteiger partial charge is 0.255 e. The SMILES string of the molecule is CCCCSc1nc2n(n1)C(c1cc(Br)ccc1OCCC)C(C(=O)Nc1ccccc1OCC)=C(C)N2. The first-order chi connectivity index (χ1) is 18.5. The highest BCUT2D eigenvalue weighted by atomic mass is 79.9. The van der Waals surface area contributed by atoms with Gasteiger partial charge in [0.05, 0.1) is 24.5 Å². The molecule has 0 saturated heterocycles. The van der Waals surface area contributed by atoms with Gasteiger partial charge in [-0.25, -0.2) is 4.68 Å². The zero-order valence-corrected chi connectivity index (χ0v) is 24.6. The molecule has 38 heavy (non-hydrogen) atoms. The summed E-state index contributed by atoms with van der Waals surface area (Å²) in [4.78, 5) is 18.7. The van der Waals surface area contributed by atoms with Gasteiger partial charge in [-0.1, -0.05) is 60.1 Å². The minimum Gasteiger partial charge on any atom is -0.493 e. The largest absolute Gasteiger partial charge is 0.493 e. The summed E-state index contributed by atoms with van der Waals surface area (Å²) in [6, 6.07) is 12.7. The van der Waals surface area contributed by atoms with E-state index in [0.717, 1.165) is 35.1 Å². The Bertz CT molecular complexity index is 1310. The quantitative estimate of drug-likeness (QED) is 0.170. The number of nitrogens with one attached hydrogen (secondary N) is 2. The minimum absolute atomic E-state index is 0.255. The lowest BCUT2D eigenvalue weighted by Gasteiger charge is -2.30. The number of aromatic nitrogens is 3. The van der Waals surface area contributed by atoms with E-state index in [1.165, 1.54) is 0 Å². The number of halogens is 1. The van der Waals surface area contributed by atoms with Crippen LogP contribution < -0.4 is 20.1 Å². The number of rotatable bonds is 12. The van der Waals surface area contributed by atoms with Crippen molar-refractivity contribution in [3.05, 3.63) is 63.8 Å². The van der Waals surface area contributed by atoms with E-state index in [4.69, 9.17) is 19.6 Å². The van der Waals surface area contributed by atoms with Crippen LogP contribution in [-0.2, 0) is 4.79 Å². The van der Waals surface area contributed by atoms with Crippen LogP contribution in [0.5, 0.6) is 11.5 Å². The monoisotopic (exact) mass is 599 g/mol. The van der Waals surface area contributed by atoms with Crippen molar-refractivity contribution in [3.8, 4) is 11.5 Å². The third-order valence-electron chi connectivity index (χ3n) is 5.97. The third kappa shape index (κ3) is 6.35. The molecular formula is C28H34BrN5O3S. The maximum absolute atomic E-state index is 14.0. The van der Waals surface area contributed by atoms with Crippen LogP contribution >= 0.6 is 27.7 Å². The van der Waals surface area contributed by atoms with Crippen molar-refractivity contribution in [2.24, 2.45) is 0 Å². The maximum atomic E-state index is 14.0. The number of carbonyl (C=O) groups excluding carboxylic acids is 1. The lowest BCUT2D eigenvalue weighted by molar-refractivity contribution is -0.113. The number of thioether (sulfide) groups is 1. The first-order valence-electron chi connectivity index (χ1n) is 13.0. The molecule has 202 valence electrons. The van der Waals surface area contributed by atoms with E-state index >= 15 is 0 Å². The summed E-state index contributed by atoms with van der Waals surface area (Å²) in [6.07, 6.45) is 3.05. The van der Waals surface area contributed by atoms with Crippen molar-refractivity contribution in [2.45, 2.75) is 58.2 Å². The molecule has 1 aliphatic heterocycles. The summed E-state index contributed by atoms with van der Waals surface area (Å²) in [5.41, 5.74) is 2.66. The van der Waals surface area contributed by atoms with Crippen LogP contribution in [0, 0.1) is 0 Å². The molecular weight excluding hydrogens is 566 g/mol. The standard InChI is InChI=1S/C28H34BrN5O3S/c1-5-8-16-38-28-32-27-30-18(4)24(26(35)31-21-11-9-10-12-23(21)36-7-3)25(34(27)33-28)20-17-19(29)13-14-22(20)37-15-6-2/h9-14,17,25H,5-8,15-16H2,1-4H3,(H,31,35)(H,30,32,33). The van der Waals surface area contributed by atoms with Gasteiger partial charge in [0.1, 0.15) is 17.5 Å². The molecule has 0 saturated carbocycles. The zero-order valence-electron chi connectivity index (χ0n) is 22.2. The number of amides is 1. The number of hydrogen-bond acceptors (Lipinski definition) is 7. The summed E-state index contributed by atoms with van der Waals surface area (Å²) in [7, 11) is 0. The average Bonchev–Trinajstić information content (AvgIpc) is 3.30. The predicted octanol–water partition coefficient (Wildman–Crippen LogP) is 7.05. The molecule has 1 atom stereocenters. The number of anilines is 2. The number of benzene rings is 2. The average molecular weight is 601 g/mol. The molecule has 2 N–H and O–H groups in total. The van der Waals surface area contributed by atoms with Gasteiger partial charge in [-0.05, 0) is 57.0 Å². The molecule has 1 aliphatic rings. The first kappa shape index (κ1) is 28.0. The molecule has 0 bridgehead atoms. The highest BCUT2D eigenvalue weighted by Crippen LogP contribution is 2.41. The molecule has 8 nitrogen and oxygen atoms in total. The van der Waals surface area contributed by atoms with Crippen LogP contribution in [0.1, 0.15) is 58.6 Å². The van der Waals surface area contributed by atoms with Crippen molar-refractivity contribution >= 4 is 45.2 Å². The number of ether oxygens (including phenoxy) is 2. The summed E-state index contributed by atoms with van der Waals surface area (Å²) in [6.45, 7) is 9.10. The molecule has 1 amide bonds. The van der Waals surface area contributed by atoms with Crippen molar-refractivity contribution in [1.29, 1.82) is 0 Å². The lowest BCUT2D eigenvalue weighted by atomic mass is 9.94. The summed E-state index contributed by atoms with van der Waals surface area (Å²) < 4.78 is 14.6. The highest BCUT2D eigenvalue weighted by molar-refractivity contribution is 9.10. The number of allylic oxidation sites excluding steroid dienone is 1. The third-order valence-corrected chi connectivity index (χ3v) is 7.39. The second-order valence-electron chi connectivity index (χ2n) is 8.84. The number of nitrogens with zero attached hydrogens (tertiary/aromatic N) is 3. The Balaban J connectivity index is 1.80. The first-order valence-corrected chi connectivity index (χ1v) is 14.8. The Morgan fingerprint density at radius 1 is 1.13 bits per heavy atom. The summed E-state index contributed by atoms with van der Waals surface area (Å²) >= 11 is 5.24. The number of hydrogen-bond donors (Lipinski definition) is 2. The van der Waals surface area contributed by atoms with Crippen LogP contribution in [0.4, 0.5) is 11.6 Å². The number of carbonyl (C=O) groups is 1. The Labute approximate surface area is 236 Å². The fourth-order valence-corrected chi connectivity index (χ4v) is 5.49. The summed E-state index contributed by atoms with van der Waals surface area (Å²) in [5, 5.41) is 11.9.